The maximum absolute atomic E-state index is 13.2. The van der Waals surface area contributed by atoms with E-state index in [0.29, 0.717) is 10.4 Å². The van der Waals surface area contributed by atoms with Crippen LogP contribution in [0.3, 0.4) is 0 Å². The van der Waals surface area contributed by atoms with Gasteiger partial charge in [-0.1, -0.05) is 51.5 Å². The lowest BCUT2D eigenvalue weighted by atomic mass is 10.2. The number of ketones is 1. The molecule has 158 valence electrons. The first-order valence-corrected chi connectivity index (χ1v) is 12.1. The zero-order valence-corrected chi connectivity index (χ0v) is 19.9. The van der Waals surface area contributed by atoms with Crippen LogP contribution in [0.1, 0.15) is 27.4 Å². The van der Waals surface area contributed by atoms with Gasteiger partial charge in [-0.25, -0.2) is 4.68 Å². The van der Waals surface area contributed by atoms with Gasteiger partial charge in [-0.3, -0.25) is 4.79 Å². The predicted octanol–water partition coefficient (Wildman–Crippen LogP) is 6.06. The minimum absolute atomic E-state index is 0.233. The van der Waals surface area contributed by atoms with Gasteiger partial charge in [-0.2, -0.15) is 10.2 Å². The smallest absolute Gasteiger partial charge is 0.258 e. The third-order valence-corrected chi connectivity index (χ3v) is 6.99. The van der Waals surface area contributed by atoms with E-state index < -0.39 is 0 Å². The molecule has 32 heavy (non-hydrogen) atoms. The van der Waals surface area contributed by atoms with Crippen molar-refractivity contribution in [3.05, 3.63) is 97.0 Å². The first kappa shape index (κ1) is 20.7. The molecule has 3 heterocycles. The van der Waals surface area contributed by atoms with E-state index in [9.17, 15) is 4.79 Å². The van der Waals surface area contributed by atoms with Crippen molar-refractivity contribution in [3.63, 3.8) is 0 Å². The molecule has 9 heteroatoms. The van der Waals surface area contributed by atoms with Gasteiger partial charge < -0.3 is 4.42 Å². The molecule has 5 rings (SSSR count). The zero-order valence-electron chi connectivity index (χ0n) is 16.7. The highest BCUT2D eigenvalue weighted by Gasteiger charge is 2.20. The predicted molar refractivity (Wildman–Crippen MR) is 131 cm³/mol. The van der Waals surface area contributed by atoms with Gasteiger partial charge in [0.15, 0.2) is 10.8 Å². The van der Waals surface area contributed by atoms with E-state index in [2.05, 4.69) is 31.2 Å². The number of furan rings is 1. The Hall–Kier alpha value is -3.14. The number of aromatic nitrogens is 2. The highest BCUT2D eigenvalue weighted by molar-refractivity contribution is 9.10. The molecule has 0 aliphatic carbocycles. The fourth-order valence-electron chi connectivity index (χ4n) is 3.06. The molecule has 0 radical (unpaired) electrons. The molecule has 5 aromatic rings. The maximum Gasteiger partial charge on any atom is 0.258 e. The van der Waals surface area contributed by atoms with Crippen molar-refractivity contribution in [2.24, 2.45) is 10.2 Å². The fraction of sp³-hybridized carbons (Fsp3) is 0.0435. The summed E-state index contributed by atoms with van der Waals surface area (Å²) >= 11 is 6.21. The van der Waals surface area contributed by atoms with Crippen molar-refractivity contribution in [1.29, 1.82) is 0 Å². The number of rotatable bonds is 5. The minimum atomic E-state index is -0.299. The SMILES string of the molecule is C/C(=N\N=c1\sc(C(=O)c2cc3cc(Br)ccc3o2)nn1-c1ccccc1)c1cccs1. The first-order valence-electron chi connectivity index (χ1n) is 9.60. The molecule has 0 aliphatic heterocycles. The van der Waals surface area contributed by atoms with E-state index in [1.807, 2.05) is 73.0 Å². The van der Waals surface area contributed by atoms with Crippen LogP contribution in [0.4, 0.5) is 0 Å². The van der Waals surface area contributed by atoms with Gasteiger partial charge in [0.25, 0.3) is 5.78 Å². The summed E-state index contributed by atoms with van der Waals surface area (Å²) in [7, 11) is 0. The van der Waals surface area contributed by atoms with Crippen LogP contribution in [0, 0.1) is 0 Å². The molecule has 0 N–H and O–H groups in total. The van der Waals surface area contributed by atoms with Crippen molar-refractivity contribution in [2.75, 3.05) is 0 Å². The topological polar surface area (TPSA) is 72.8 Å². The van der Waals surface area contributed by atoms with Crippen molar-refractivity contribution in [1.82, 2.24) is 9.78 Å². The Morgan fingerprint density at radius 1 is 1.09 bits per heavy atom. The zero-order chi connectivity index (χ0) is 22.1. The Bertz CT molecular complexity index is 1510. The summed E-state index contributed by atoms with van der Waals surface area (Å²) in [5.41, 5.74) is 2.23. The molecule has 3 aromatic heterocycles. The van der Waals surface area contributed by atoms with Gasteiger partial charge >= 0.3 is 0 Å². The average molecular weight is 523 g/mol. The molecule has 0 amide bonds. The largest absolute Gasteiger partial charge is 0.452 e. The third kappa shape index (κ3) is 4.14. The second-order valence-electron chi connectivity index (χ2n) is 6.82. The van der Waals surface area contributed by atoms with Crippen LogP contribution in [0.5, 0.6) is 0 Å². The lowest BCUT2D eigenvalue weighted by Crippen LogP contribution is -2.14. The number of carbonyl (C=O) groups excluding carboxylic acids is 1. The highest BCUT2D eigenvalue weighted by atomic mass is 79.9. The number of halogens is 1. The minimum Gasteiger partial charge on any atom is -0.452 e. The second kappa shape index (κ2) is 8.78. The van der Waals surface area contributed by atoms with Crippen LogP contribution in [0.2, 0.25) is 0 Å². The van der Waals surface area contributed by atoms with Gasteiger partial charge in [0.05, 0.1) is 16.3 Å². The van der Waals surface area contributed by atoms with Gasteiger partial charge in [0, 0.05) is 9.86 Å². The summed E-state index contributed by atoms with van der Waals surface area (Å²) < 4.78 is 8.32. The molecule has 0 aliphatic rings. The standard InChI is InChI=1S/C23H15BrN4O2S2/c1-14(20-8-5-11-31-20)25-26-23-28(17-6-3-2-4-7-17)27-22(32-23)21(29)19-13-15-12-16(24)9-10-18(15)30-19/h2-13H,1H3/b25-14+,26-23+. The van der Waals surface area contributed by atoms with E-state index in [1.165, 1.54) is 11.3 Å². The summed E-state index contributed by atoms with van der Waals surface area (Å²) in [5, 5.41) is 16.4. The molecule has 0 bridgehead atoms. The van der Waals surface area contributed by atoms with Crippen molar-refractivity contribution in [2.45, 2.75) is 6.92 Å². The Kier molecular flexibility index (Phi) is 5.69. The molecule has 0 saturated carbocycles. The number of carbonyl (C=O) groups is 1. The van der Waals surface area contributed by atoms with Gasteiger partial charge in [0.1, 0.15) is 5.58 Å². The molecule has 2 aromatic carbocycles. The number of fused-ring (bicyclic) bond motifs is 1. The van der Waals surface area contributed by atoms with E-state index in [0.717, 1.165) is 26.1 Å². The van der Waals surface area contributed by atoms with Crippen molar-refractivity contribution in [3.8, 4) is 5.69 Å². The lowest BCUT2D eigenvalue weighted by molar-refractivity contribution is 0.101. The summed E-state index contributed by atoms with van der Waals surface area (Å²) in [4.78, 5) is 14.7. The summed E-state index contributed by atoms with van der Waals surface area (Å²) in [6, 6.07) is 20.8. The third-order valence-electron chi connectivity index (χ3n) is 4.62. The van der Waals surface area contributed by atoms with E-state index in [4.69, 9.17) is 4.42 Å². The van der Waals surface area contributed by atoms with Crippen LogP contribution in [-0.4, -0.2) is 21.3 Å². The van der Waals surface area contributed by atoms with Gasteiger partial charge in [-0.15, -0.1) is 16.4 Å². The maximum atomic E-state index is 13.2. The summed E-state index contributed by atoms with van der Waals surface area (Å²) in [5.74, 6) is -0.0655. The fourth-order valence-corrected chi connectivity index (χ4v) is 4.91. The number of benzene rings is 2. The van der Waals surface area contributed by atoms with Crippen molar-refractivity contribution < 1.29 is 9.21 Å². The highest BCUT2D eigenvalue weighted by Crippen LogP contribution is 2.25. The van der Waals surface area contributed by atoms with Crippen molar-refractivity contribution >= 4 is 61.1 Å². The van der Waals surface area contributed by atoms with Gasteiger partial charge in [0.2, 0.25) is 4.80 Å². The van der Waals surface area contributed by atoms with E-state index in [1.54, 1.807) is 22.1 Å². The molecule has 0 spiro atoms. The molecule has 0 atom stereocenters. The molecular formula is C23H15BrN4O2S2. The number of thiophene rings is 1. The molecule has 0 saturated heterocycles. The summed E-state index contributed by atoms with van der Waals surface area (Å²) in [6.07, 6.45) is 0. The average Bonchev–Trinajstić information content (AvgIpc) is 3.57. The quantitative estimate of drug-likeness (QED) is 0.160. The van der Waals surface area contributed by atoms with Crippen LogP contribution >= 0.6 is 38.6 Å². The second-order valence-corrected chi connectivity index (χ2v) is 9.64. The number of nitrogens with zero attached hydrogens (tertiary/aromatic N) is 4. The Labute approximate surface area is 199 Å². The molecular weight excluding hydrogens is 508 g/mol. The monoisotopic (exact) mass is 522 g/mol. The first-order chi connectivity index (χ1) is 15.6. The number of para-hydroxylation sites is 1. The number of hydrogen-bond acceptors (Lipinski definition) is 7. The normalized spacial score (nSPS) is 12.6. The van der Waals surface area contributed by atoms with Crippen LogP contribution < -0.4 is 4.80 Å². The summed E-state index contributed by atoms with van der Waals surface area (Å²) in [6.45, 7) is 1.90. The van der Waals surface area contributed by atoms with E-state index >= 15 is 0 Å². The molecule has 0 fully saturated rings. The molecule has 0 unspecified atom stereocenters. The molecule has 6 nitrogen and oxygen atoms in total. The van der Waals surface area contributed by atoms with Gasteiger partial charge in [-0.05, 0) is 54.8 Å². The van der Waals surface area contributed by atoms with Crippen LogP contribution in [0.25, 0.3) is 16.7 Å². The van der Waals surface area contributed by atoms with E-state index in [-0.39, 0.29) is 16.6 Å². The Balaban J connectivity index is 1.59. The Morgan fingerprint density at radius 2 is 1.94 bits per heavy atom. The Morgan fingerprint density at radius 3 is 2.72 bits per heavy atom. The lowest BCUT2D eigenvalue weighted by Gasteiger charge is -1.99. The van der Waals surface area contributed by atoms with Crippen LogP contribution in [-0.2, 0) is 0 Å². The van der Waals surface area contributed by atoms with Crippen LogP contribution in [0.15, 0.2) is 91.2 Å². The number of hydrogen-bond donors (Lipinski definition) is 0.